The SMILES string of the molecule is Cc1nn(-c2ccccc2)c(N2CC(C)C(C)C2)c1CCl. The van der Waals surface area contributed by atoms with Crippen LogP contribution in [0, 0.1) is 18.8 Å². The van der Waals surface area contributed by atoms with Crippen molar-refractivity contribution in [1.29, 1.82) is 0 Å². The second kappa shape index (κ2) is 5.72. The molecule has 0 spiro atoms. The fourth-order valence-corrected chi connectivity index (χ4v) is 3.39. The standard InChI is InChI=1S/C17H22ClN3/c1-12-10-20(11-13(12)2)17-16(9-18)14(3)19-21(17)15-7-5-4-6-8-15/h4-8,12-13H,9-11H2,1-3H3. The minimum atomic E-state index is 0.507. The molecule has 2 heterocycles. The van der Waals surface area contributed by atoms with Crippen LogP contribution in [0.2, 0.25) is 0 Å². The first-order valence-electron chi connectivity index (χ1n) is 7.56. The third kappa shape index (κ3) is 2.55. The van der Waals surface area contributed by atoms with Crippen molar-refractivity contribution in [2.75, 3.05) is 18.0 Å². The third-order valence-corrected chi connectivity index (χ3v) is 4.85. The van der Waals surface area contributed by atoms with E-state index < -0.39 is 0 Å². The van der Waals surface area contributed by atoms with E-state index in [0.29, 0.717) is 17.7 Å². The van der Waals surface area contributed by atoms with Gasteiger partial charge in [0.1, 0.15) is 5.82 Å². The fourth-order valence-electron chi connectivity index (χ4n) is 3.08. The topological polar surface area (TPSA) is 21.1 Å². The summed E-state index contributed by atoms with van der Waals surface area (Å²) in [6, 6.07) is 10.3. The molecule has 2 aromatic rings. The van der Waals surface area contributed by atoms with Crippen LogP contribution in [-0.4, -0.2) is 22.9 Å². The number of hydrogen-bond donors (Lipinski definition) is 0. The third-order valence-electron chi connectivity index (χ3n) is 4.58. The molecule has 1 aromatic heterocycles. The number of hydrogen-bond acceptors (Lipinski definition) is 2. The van der Waals surface area contributed by atoms with Crippen LogP contribution in [0.1, 0.15) is 25.1 Å². The van der Waals surface area contributed by atoms with Gasteiger partial charge in [0.15, 0.2) is 0 Å². The summed E-state index contributed by atoms with van der Waals surface area (Å²) in [5.74, 6) is 3.08. The zero-order valence-corrected chi connectivity index (χ0v) is 13.6. The summed E-state index contributed by atoms with van der Waals surface area (Å²) in [6.45, 7) is 8.83. The summed E-state index contributed by atoms with van der Waals surface area (Å²) in [7, 11) is 0. The van der Waals surface area contributed by atoms with Gasteiger partial charge >= 0.3 is 0 Å². The van der Waals surface area contributed by atoms with Gasteiger partial charge in [0.05, 0.1) is 17.3 Å². The highest BCUT2D eigenvalue weighted by molar-refractivity contribution is 6.17. The average Bonchev–Trinajstić information content (AvgIpc) is 3.00. The minimum absolute atomic E-state index is 0.507. The lowest BCUT2D eigenvalue weighted by atomic mass is 10.0. The normalized spacial score (nSPS) is 22.0. The van der Waals surface area contributed by atoms with E-state index in [-0.39, 0.29) is 0 Å². The Kier molecular flexibility index (Phi) is 3.94. The quantitative estimate of drug-likeness (QED) is 0.799. The van der Waals surface area contributed by atoms with Crippen molar-refractivity contribution in [3.05, 3.63) is 41.6 Å². The molecule has 0 aliphatic carbocycles. The molecule has 4 heteroatoms. The van der Waals surface area contributed by atoms with Gasteiger partial charge in [-0.05, 0) is 30.9 Å². The van der Waals surface area contributed by atoms with E-state index in [4.69, 9.17) is 16.7 Å². The predicted octanol–water partition coefficient (Wildman–Crippen LogP) is 4.01. The van der Waals surface area contributed by atoms with Crippen LogP contribution in [0.25, 0.3) is 5.69 Å². The maximum atomic E-state index is 6.21. The number of rotatable bonds is 3. The van der Waals surface area contributed by atoms with Crippen molar-refractivity contribution in [2.24, 2.45) is 11.8 Å². The number of benzene rings is 1. The maximum Gasteiger partial charge on any atom is 0.137 e. The summed E-state index contributed by atoms with van der Waals surface area (Å²) >= 11 is 6.21. The van der Waals surface area contributed by atoms with Gasteiger partial charge in [0, 0.05) is 18.7 Å². The van der Waals surface area contributed by atoms with Crippen LogP contribution in [0.5, 0.6) is 0 Å². The highest BCUT2D eigenvalue weighted by Gasteiger charge is 2.31. The van der Waals surface area contributed by atoms with Crippen LogP contribution in [0.15, 0.2) is 30.3 Å². The number of alkyl halides is 1. The lowest BCUT2D eigenvalue weighted by Gasteiger charge is -2.21. The second-order valence-electron chi connectivity index (χ2n) is 6.13. The van der Waals surface area contributed by atoms with Crippen molar-refractivity contribution < 1.29 is 0 Å². The minimum Gasteiger partial charge on any atom is -0.356 e. The van der Waals surface area contributed by atoms with Gasteiger partial charge < -0.3 is 4.90 Å². The summed E-state index contributed by atoms with van der Waals surface area (Å²) in [6.07, 6.45) is 0. The van der Waals surface area contributed by atoms with E-state index in [1.165, 1.54) is 5.82 Å². The Bertz CT molecular complexity index is 610. The van der Waals surface area contributed by atoms with E-state index in [1.807, 2.05) is 25.1 Å². The Hall–Kier alpha value is -1.48. The number of aromatic nitrogens is 2. The van der Waals surface area contributed by atoms with Crippen molar-refractivity contribution in [2.45, 2.75) is 26.7 Å². The number of anilines is 1. The van der Waals surface area contributed by atoms with Gasteiger partial charge in [-0.2, -0.15) is 5.10 Å². The van der Waals surface area contributed by atoms with E-state index >= 15 is 0 Å². The molecule has 0 N–H and O–H groups in total. The van der Waals surface area contributed by atoms with Gasteiger partial charge in [-0.3, -0.25) is 0 Å². The number of aryl methyl sites for hydroxylation is 1. The Labute approximate surface area is 131 Å². The molecule has 21 heavy (non-hydrogen) atoms. The highest BCUT2D eigenvalue weighted by Crippen LogP contribution is 2.34. The summed E-state index contributed by atoms with van der Waals surface area (Å²) in [5, 5.41) is 4.74. The molecule has 1 fully saturated rings. The molecule has 1 saturated heterocycles. The van der Waals surface area contributed by atoms with Crippen molar-refractivity contribution in [3.63, 3.8) is 0 Å². The molecule has 2 unspecified atom stereocenters. The molecule has 0 saturated carbocycles. The Morgan fingerprint density at radius 3 is 2.33 bits per heavy atom. The summed E-state index contributed by atoms with van der Waals surface area (Å²) in [4.78, 5) is 2.44. The van der Waals surface area contributed by atoms with Gasteiger partial charge in [0.2, 0.25) is 0 Å². The largest absolute Gasteiger partial charge is 0.356 e. The van der Waals surface area contributed by atoms with Crippen LogP contribution in [0.3, 0.4) is 0 Å². The van der Waals surface area contributed by atoms with Gasteiger partial charge in [-0.15, -0.1) is 11.6 Å². The molecule has 0 bridgehead atoms. The van der Waals surface area contributed by atoms with Crippen LogP contribution >= 0.6 is 11.6 Å². The van der Waals surface area contributed by atoms with Gasteiger partial charge in [-0.25, -0.2) is 4.68 Å². The molecule has 2 atom stereocenters. The molecule has 1 aromatic carbocycles. The average molecular weight is 304 g/mol. The zero-order chi connectivity index (χ0) is 15.0. The molecule has 3 rings (SSSR count). The molecule has 112 valence electrons. The van der Waals surface area contributed by atoms with Gasteiger partial charge in [0.25, 0.3) is 0 Å². The van der Waals surface area contributed by atoms with Gasteiger partial charge in [-0.1, -0.05) is 32.0 Å². The molecular weight excluding hydrogens is 282 g/mol. The molecule has 3 nitrogen and oxygen atoms in total. The summed E-state index contributed by atoms with van der Waals surface area (Å²) < 4.78 is 2.05. The highest BCUT2D eigenvalue weighted by atomic mass is 35.5. The number of nitrogens with zero attached hydrogens (tertiary/aromatic N) is 3. The first kappa shape index (κ1) is 14.5. The molecule has 0 radical (unpaired) electrons. The molecule has 1 aliphatic rings. The smallest absolute Gasteiger partial charge is 0.137 e. The Balaban J connectivity index is 2.09. The van der Waals surface area contributed by atoms with Crippen molar-refractivity contribution >= 4 is 17.4 Å². The van der Waals surface area contributed by atoms with E-state index in [0.717, 1.165) is 30.0 Å². The second-order valence-corrected chi connectivity index (χ2v) is 6.40. The zero-order valence-electron chi connectivity index (χ0n) is 12.9. The Morgan fingerprint density at radius 1 is 1.14 bits per heavy atom. The molecule has 1 aliphatic heterocycles. The maximum absolute atomic E-state index is 6.21. The van der Waals surface area contributed by atoms with E-state index in [2.05, 4.69) is 35.6 Å². The lowest BCUT2D eigenvalue weighted by Crippen LogP contribution is -2.23. The van der Waals surface area contributed by atoms with Crippen LogP contribution in [0.4, 0.5) is 5.82 Å². The van der Waals surface area contributed by atoms with Crippen LogP contribution < -0.4 is 4.90 Å². The predicted molar refractivity (Wildman–Crippen MR) is 88.4 cm³/mol. The summed E-state index contributed by atoms with van der Waals surface area (Å²) in [5.41, 5.74) is 3.28. The fraction of sp³-hybridized carbons (Fsp3) is 0.471. The monoisotopic (exact) mass is 303 g/mol. The lowest BCUT2D eigenvalue weighted by molar-refractivity contribution is 0.494. The van der Waals surface area contributed by atoms with Crippen molar-refractivity contribution in [3.8, 4) is 5.69 Å². The van der Waals surface area contributed by atoms with E-state index in [1.54, 1.807) is 0 Å². The first-order chi connectivity index (χ1) is 10.1. The van der Waals surface area contributed by atoms with E-state index in [9.17, 15) is 0 Å². The number of halogens is 1. The molecular formula is C17H22ClN3. The van der Waals surface area contributed by atoms with Crippen molar-refractivity contribution in [1.82, 2.24) is 9.78 Å². The molecule has 0 amide bonds. The van der Waals surface area contributed by atoms with Crippen LogP contribution in [-0.2, 0) is 5.88 Å². The number of para-hydroxylation sites is 1. The first-order valence-corrected chi connectivity index (χ1v) is 8.10. The Morgan fingerprint density at radius 2 is 1.76 bits per heavy atom.